The Morgan fingerprint density at radius 3 is 2.52 bits per heavy atom. The molecule has 1 saturated heterocycles. The SMILES string of the molecule is CCN(CC)CCNC(=O)Cc1ccc(S(=O)(=O)N2CCCCC2)s1. The Bertz CT molecular complexity index is 648. The van der Waals surface area contributed by atoms with Gasteiger partial charge in [-0.2, -0.15) is 4.31 Å². The molecule has 1 N–H and O–H groups in total. The van der Waals surface area contributed by atoms with Crippen molar-refractivity contribution in [1.29, 1.82) is 0 Å². The highest BCUT2D eigenvalue weighted by atomic mass is 32.2. The number of amides is 1. The molecule has 0 radical (unpaired) electrons. The Kier molecular flexibility index (Phi) is 7.86. The molecule has 142 valence electrons. The molecule has 0 spiro atoms. The lowest BCUT2D eigenvalue weighted by molar-refractivity contribution is -0.120. The van der Waals surface area contributed by atoms with Gasteiger partial charge >= 0.3 is 0 Å². The summed E-state index contributed by atoms with van der Waals surface area (Å²) < 4.78 is 27.2. The van der Waals surface area contributed by atoms with Gasteiger partial charge < -0.3 is 10.2 Å². The summed E-state index contributed by atoms with van der Waals surface area (Å²) in [7, 11) is -3.40. The molecule has 2 rings (SSSR count). The maximum Gasteiger partial charge on any atom is 0.252 e. The van der Waals surface area contributed by atoms with E-state index in [-0.39, 0.29) is 12.3 Å². The number of hydrogen-bond acceptors (Lipinski definition) is 5. The predicted molar refractivity (Wildman–Crippen MR) is 101 cm³/mol. The normalized spacial score (nSPS) is 16.3. The van der Waals surface area contributed by atoms with E-state index < -0.39 is 10.0 Å². The van der Waals surface area contributed by atoms with Gasteiger partial charge in [-0.1, -0.05) is 20.3 Å². The van der Waals surface area contributed by atoms with Crippen LogP contribution in [0.3, 0.4) is 0 Å². The molecule has 2 heterocycles. The fraction of sp³-hybridized carbons (Fsp3) is 0.706. The third-order valence-corrected chi connectivity index (χ3v) is 7.98. The molecule has 25 heavy (non-hydrogen) atoms. The third kappa shape index (κ3) is 5.77. The second-order valence-corrected chi connectivity index (χ2v) is 9.57. The number of thiophene rings is 1. The molecule has 0 atom stereocenters. The lowest BCUT2D eigenvalue weighted by Gasteiger charge is -2.25. The summed E-state index contributed by atoms with van der Waals surface area (Å²) in [6.07, 6.45) is 3.17. The van der Waals surface area contributed by atoms with E-state index in [1.165, 1.54) is 11.3 Å². The number of carbonyl (C=O) groups is 1. The monoisotopic (exact) mass is 387 g/mol. The van der Waals surface area contributed by atoms with Crippen LogP contribution in [0.2, 0.25) is 0 Å². The Hall–Kier alpha value is -0.960. The number of hydrogen-bond donors (Lipinski definition) is 1. The quantitative estimate of drug-likeness (QED) is 0.703. The number of nitrogens with zero attached hydrogens (tertiary/aromatic N) is 2. The molecule has 0 aliphatic carbocycles. The van der Waals surface area contributed by atoms with Crippen molar-refractivity contribution in [3.05, 3.63) is 17.0 Å². The van der Waals surface area contributed by atoms with Gasteiger partial charge in [0.2, 0.25) is 5.91 Å². The average molecular weight is 388 g/mol. The van der Waals surface area contributed by atoms with Crippen LogP contribution in [0.1, 0.15) is 38.0 Å². The molecule has 1 amide bonds. The van der Waals surface area contributed by atoms with Crippen LogP contribution in [-0.4, -0.2) is 62.8 Å². The Morgan fingerprint density at radius 2 is 1.88 bits per heavy atom. The number of sulfonamides is 1. The zero-order chi connectivity index (χ0) is 18.3. The Morgan fingerprint density at radius 1 is 1.20 bits per heavy atom. The van der Waals surface area contributed by atoms with E-state index in [4.69, 9.17) is 0 Å². The van der Waals surface area contributed by atoms with Gasteiger partial charge in [0.05, 0.1) is 6.42 Å². The van der Waals surface area contributed by atoms with Crippen molar-refractivity contribution in [2.75, 3.05) is 39.3 Å². The first-order valence-corrected chi connectivity index (χ1v) is 11.3. The van der Waals surface area contributed by atoms with E-state index in [2.05, 4.69) is 24.1 Å². The minimum Gasteiger partial charge on any atom is -0.355 e. The molecule has 0 bridgehead atoms. The molecular formula is C17H29N3O3S2. The summed E-state index contributed by atoms with van der Waals surface area (Å²) in [6, 6.07) is 3.39. The second-order valence-electron chi connectivity index (χ2n) is 6.24. The number of nitrogens with one attached hydrogen (secondary N) is 1. The maximum atomic E-state index is 12.6. The lowest BCUT2D eigenvalue weighted by atomic mass is 10.2. The third-order valence-electron chi connectivity index (χ3n) is 4.53. The van der Waals surface area contributed by atoms with Gasteiger partial charge in [-0.3, -0.25) is 4.79 Å². The Labute approximate surface area is 155 Å². The smallest absolute Gasteiger partial charge is 0.252 e. The van der Waals surface area contributed by atoms with Gasteiger partial charge in [-0.25, -0.2) is 8.42 Å². The summed E-state index contributed by atoms with van der Waals surface area (Å²) in [5.41, 5.74) is 0. The summed E-state index contributed by atoms with van der Waals surface area (Å²) in [5.74, 6) is -0.0593. The first-order chi connectivity index (χ1) is 12.0. The highest BCUT2D eigenvalue weighted by Crippen LogP contribution is 2.27. The van der Waals surface area contributed by atoms with Crippen molar-refractivity contribution < 1.29 is 13.2 Å². The van der Waals surface area contributed by atoms with Crippen LogP contribution in [0, 0.1) is 0 Å². The van der Waals surface area contributed by atoms with Gasteiger partial charge in [-0.15, -0.1) is 11.3 Å². The van der Waals surface area contributed by atoms with Crippen molar-refractivity contribution >= 4 is 27.3 Å². The molecule has 1 aromatic heterocycles. The highest BCUT2D eigenvalue weighted by Gasteiger charge is 2.27. The number of piperidine rings is 1. The van der Waals surface area contributed by atoms with E-state index in [0.717, 1.165) is 43.8 Å². The van der Waals surface area contributed by atoms with Crippen molar-refractivity contribution in [3.8, 4) is 0 Å². The molecular weight excluding hydrogens is 358 g/mol. The zero-order valence-electron chi connectivity index (χ0n) is 15.2. The van der Waals surface area contributed by atoms with Crippen LogP contribution in [0.4, 0.5) is 0 Å². The van der Waals surface area contributed by atoms with Crippen molar-refractivity contribution in [2.24, 2.45) is 0 Å². The molecule has 0 aromatic carbocycles. The van der Waals surface area contributed by atoms with Crippen molar-refractivity contribution in [2.45, 2.75) is 43.7 Å². The summed E-state index contributed by atoms with van der Waals surface area (Å²) in [5, 5.41) is 2.91. The van der Waals surface area contributed by atoms with Crippen LogP contribution in [0.25, 0.3) is 0 Å². The van der Waals surface area contributed by atoms with Crippen molar-refractivity contribution in [1.82, 2.24) is 14.5 Å². The van der Waals surface area contributed by atoms with Gasteiger partial charge in [0, 0.05) is 31.1 Å². The first kappa shape index (κ1) is 20.4. The summed E-state index contributed by atoms with van der Waals surface area (Å²) >= 11 is 1.21. The zero-order valence-corrected chi connectivity index (χ0v) is 16.8. The van der Waals surface area contributed by atoms with E-state index in [9.17, 15) is 13.2 Å². The molecule has 1 fully saturated rings. The van der Waals surface area contributed by atoms with Gasteiger partial charge in [-0.05, 0) is 38.1 Å². The van der Waals surface area contributed by atoms with E-state index in [1.54, 1.807) is 16.4 Å². The number of likely N-dealkylation sites (N-methyl/N-ethyl adjacent to an activating group) is 1. The van der Waals surface area contributed by atoms with Crippen LogP contribution in [0.5, 0.6) is 0 Å². The molecule has 0 saturated carbocycles. The largest absolute Gasteiger partial charge is 0.355 e. The fourth-order valence-corrected chi connectivity index (χ4v) is 5.96. The average Bonchev–Trinajstić information content (AvgIpc) is 3.09. The van der Waals surface area contributed by atoms with Crippen molar-refractivity contribution in [3.63, 3.8) is 0 Å². The molecule has 6 nitrogen and oxygen atoms in total. The molecule has 8 heteroatoms. The maximum absolute atomic E-state index is 12.6. The van der Waals surface area contributed by atoms with E-state index in [1.807, 2.05) is 0 Å². The number of rotatable bonds is 9. The number of carbonyl (C=O) groups excluding carboxylic acids is 1. The molecule has 0 unspecified atom stereocenters. The minimum absolute atomic E-state index is 0.0593. The molecule has 1 aliphatic rings. The Balaban J connectivity index is 1.87. The first-order valence-electron chi connectivity index (χ1n) is 9.05. The van der Waals surface area contributed by atoms with E-state index in [0.29, 0.717) is 23.8 Å². The van der Waals surface area contributed by atoms with E-state index >= 15 is 0 Å². The molecule has 1 aromatic rings. The van der Waals surface area contributed by atoms with Gasteiger partial charge in [0.15, 0.2) is 0 Å². The van der Waals surface area contributed by atoms with Gasteiger partial charge in [0.25, 0.3) is 10.0 Å². The topological polar surface area (TPSA) is 69.7 Å². The van der Waals surface area contributed by atoms with Crippen LogP contribution < -0.4 is 5.32 Å². The molecule has 1 aliphatic heterocycles. The van der Waals surface area contributed by atoms with Crippen LogP contribution in [-0.2, 0) is 21.2 Å². The standard InChI is InChI=1S/C17H29N3O3S2/c1-3-19(4-2)13-10-18-16(21)14-15-8-9-17(24-15)25(22,23)20-11-6-5-7-12-20/h8-9H,3-7,10-14H2,1-2H3,(H,18,21). The predicted octanol–water partition coefficient (Wildman–Crippen LogP) is 1.92. The van der Waals surface area contributed by atoms with Crippen LogP contribution >= 0.6 is 11.3 Å². The minimum atomic E-state index is -3.40. The second kappa shape index (κ2) is 9.66. The lowest BCUT2D eigenvalue weighted by Crippen LogP contribution is -2.35. The summed E-state index contributed by atoms with van der Waals surface area (Å²) in [6.45, 7) is 8.78. The summed E-state index contributed by atoms with van der Waals surface area (Å²) in [4.78, 5) is 15.1. The highest BCUT2D eigenvalue weighted by molar-refractivity contribution is 7.91. The van der Waals surface area contributed by atoms with Gasteiger partial charge in [0.1, 0.15) is 4.21 Å². The fourth-order valence-electron chi connectivity index (χ4n) is 2.94. The van der Waals surface area contributed by atoms with Crippen LogP contribution in [0.15, 0.2) is 16.3 Å².